The summed E-state index contributed by atoms with van der Waals surface area (Å²) in [5.41, 5.74) is 0. The van der Waals surface area contributed by atoms with Crippen LogP contribution in [-0.4, -0.2) is 47.4 Å². The number of carbonyl (C=O) groups is 2. The predicted octanol–water partition coefficient (Wildman–Crippen LogP) is 21.0. The van der Waals surface area contributed by atoms with E-state index in [0.717, 1.165) is 38.5 Å². The van der Waals surface area contributed by atoms with Gasteiger partial charge in [0, 0.05) is 12.8 Å². The first-order valence-electron chi connectivity index (χ1n) is 33.3. The first kappa shape index (κ1) is 70.9. The highest BCUT2D eigenvalue weighted by Crippen LogP contribution is 2.19. The molecule has 0 aliphatic heterocycles. The van der Waals surface area contributed by atoms with Crippen molar-refractivity contribution in [2.75, 3.05) is 13.2 Å². The van der Waals surface area contributed by atoms with Crippen molar-refractivity contribution in [3.63, 3.8) is 0 Å². The zero-order chi connectivity index (χ0) is 52.2. The molecule has 0 fully saturated rings. The summed E-state index contributed by atoms with van der Waals surface area (Å²) in [6.07, 6.45) is 74.3. The second kappa shape index (κ2) is 62.4. The Hall–Kier alpha value is -1.14. The first-order chi connectivity index (χ1) is 35.5. The van der Waals surface area contributed by atoms with Crippen molar-refractivity contribution in [1.82, 2.24) is 5.32 Å². The van der Waals surface area contributed by atoms with Crippen LogP contribution in [-0.2, 0) is 14.3 Å². The molecule has 0 rings (SSSR count). The molecular formula is C66H131NO5. The van der Waals surface area contributed by atoms with E-state index in [1.165, 1.54) is 315 Å². The maximum atomic E-state index is 12.5. The predicted molar refractivity (Wildman–Crippen MR) is 315 cm³/mol. The molecule has 72 heavy (non-hydrogen) atoms. The summed E-state index contributed by atoms with van der Waals surface area (Å²) in [7, 11) is 0. The number of aliphatic hydroxyl groups excluding tert-OH is 2. The van der Waals surface area contributed by atoms with Gasteiger partial charge in [-0.2, -0.15) is 0 Å². The Labute approximate surface area is 451 Å². The first-order valence-corrected chi connectivity index (χ1v) is 33.3. The second-order valence-corrected chi connectivity index (χ2v) is 23.2. The number of carbonyl (C=O) groups excluding carboxylic acids is 2. The lowest BCUT2D eigenvalue weighted by atomic mass is 10.0. The molecule has 1 amide bonds. The van der Waals surface area contributed by atoms with E-state index in [1.807, 2.05) is 0 Å². The van der Waals surface area contributed by atoms with Gasteiger partial charge in [0.25, 0.3) is 0 Å². The average Bonchev–Trinajstić information content (AvgIpc) is 3.38. The fraction of sp³-hybridized carbons (Fsp3) is 0.970. The summed E-state index contributed by atoms with van der Waals surface area (Å²) < 4.78 is 5.49. The van der Waals surface area contributed by atoms with Crippen molar-refractivity contribution >= 4 is 11.9 Å². The van der Waals surface area contributed by atoms with Crippen LogP contribution in [0.3, 0.4) is 0 Å². The number of hydrogen-bond donors (Lipinski definition) is 3. The number of nitrogens with one attached hydrogen (secondary N) is 1. The third-order valence-electron chi connectivity index (χ3n) is 15.9. The van der Waals surface area contributed by atoms with Gasteiger partial charge in [0.1, 0.15) is 0 Å². The van der Waals surface area contributed by atoms with Crippen LogP contribution >= 0.6 is 0 Å². The quantitative estimate of drug-likeness (QED) is 0.0417. The molecule has 3 N–H and O–H groups in total. The topological polar surface area (TPSA) is 95.9 Å². The third kappa shape index (κ3) is 58.1. The highest BCUT2D eigenvalue weighted by Gasteiger charge is 2.20. The smallest absolute Gasteiger partial charge is 0.305 e. The van der Waals surface area contributed by atoms with Crippen molar-refractivity contribution in [3.05, 3.63) is 0 Å². The summed E-state index contributed by atoms with van der Waals surface area (Å²) in [6.45, 7) is 4.98. The van der Waals surface area contributed by atoms with E-state index < -0.39 is 12.1 Å². The molecule has 6 nitrogen and oxygen atoms in total. The molecule has 0 aliphatic carbocycles. The molecule has 430 valence electrons. The molecular weight excluding hydrogens is 887 g/mol. The van der Waals surface area contributed by atoms with E-state index in [2.05, 4.69) is 19.2 Å². The standard InChI is InChI=1S/C66H131NO5/c1-3-5-7-9-11-13-15-16-36-40-44-48-52-56-60-66(71)72-61-57-53-49-45-41-37-34-32-30-28-26-24-22-20-18-17-19-21-23-25-27-29-31-33-35-39-43-47-51-55-59-65(70)67-63(62-68)64(69)58-54-50-46-42-38-14-12-10-8-6-4-2/h63-64,68-69H,3-62H2,1-2H3,(H,67,70). The fourth-order valence-corrected chi connectivity index (χ4v) is 10.8. The van der Waals surface area contributed by atoms with Crippen molar-refractivity contribution in [1.29, 1.82) is 0 Å². The molecule has 2 unspecified atom stereocenters. The molecule has 0 saturated carbocycles. The Morgan fingerprint density at radius 2 is 0.569 bits per heavy atom. The van der Waals surface area contributed by atoms with Crippen LogP contribution in [0.1, 0.15) is 386 Å². The molecule has 0 spiro atoms. The van der Waals surface area contributed by atoms with E-state index in [9.17, 15) is 19.8 Å². The van der Waals surface area contributed by atoms with Crippen LogP contribution in [0.5, 0.6) is 0 Å². The largest absolute Gasteiger partial charge is 0.466 e. The number of rotatable bonds is 63. The molecule has 0 aromatic heterocycles. The van der Waals surface area contributed by atoms with Gasteiger partial charge in [0.15, 0.2) is 0 Å². The number of amides is 1. The lowest BCUT2D eigenvalue weighted by molar-refractivity contribution is -0.143. The zero-order valence-corrected chi connectivity index (χ0v) is 49.2. The number of unbranched alkanes of at least 4 members (excludes halogenated alkanes) is 52. The highest BCUT2D eigenvalue weighted by molar-refractivity contribution is 5.76. The van der Waals surface area contributed by atoms with Gasteiger partial charge < -0.3 is 20.3 Å². The Bertz CT molecular complexity index is 1040. The molecule has 2 atom stereocenters. The van der Waals surface area contributed by atoms with Crippen LogP contribution in [0.25, 0.3) is 0 Å². The molecule has 0 radical (unpaired) electrons. The van der Waals surface area contributed by atoms with Crippen LogP contribution in [0.2, 0.25) is 0 Å². The van der Waals surface area contributed by atoms with Gasteiger partial charge in [0.05, 0.1) is 25.4 Å². The van der Waals surface area contributed by atoms with Crippen LogP contribution in [0.4, 0.5) is 0 Å². The van der Waals surface area contributed by atoms with Crippen molar-refractivity contribution < 1.29 is 24.5 Å². The van der Waals surface area contributed by atoms with Gasteiger partial charge in [-0.15, -0.1) is 0 Å². The van der Waals surface area contributed by atoms with E-state index in [1.54, 1.807) is 0 Å². The minimum atomic E-state index is -0.659. The molecule has 0 aromatic rings. The summed E-state index contributed by atoms with van der Waals surface area (Å²) >= 11 is 0. The number of hydrogen-bond acceptors (Lipinski definition) is 5. The number of esters is 1. The Kier molecular flexibility index (Phi) is 61.4. The second-order valence-electron chi connectivity index (χ2n) is 23.2. The molecule has 0 heterocycles. The lowest BCUT2D eigenvalue weighted by Crippen LogP contribution is -2.45. The van der Waals surface area contributed by atoms with E-state index in [0.29, 0.717) is 25.9 Å². The van der Waals surface area contributed by atoms with Gasteiger partial charge in [0.2, 0.25) is 5.91 Å². The zero-order valence-electron chi connectivity index (χ0n) is 49.2. The minimum Gasteiger partial charge on any atom is -0.466 e. The van der Waals surface area contributed by atoms with E-state index in [-0.39, 0.29) is 18.5 Å². The average molecular weight is 1020 g/mol. The van der Waals surface area contributed by atoms with Crippen molar-refractivity contribution in [2.24, 2.45) is 0 Å². The van der Waals surface area contributed by atoms with Crippen molar-refractivity contribution in [2.45, 2.75) is 398 Å². The van der Waals surface area contributed by atoms with Gasteiger partial charge in [-0.25, -0.2) is 0 Å². The molecule has 0 aromatic carbocycles. The summed E-state index contributed by atoms with van der Waals surface area (Å²) in [5, 5.41) is 23.2. The summed E-state index contributed by atoms with van der Waals surface area (Å²) in [4.78, 5) is 24.5. The SMILES string of the molecule is CCCCCCCCCCCCCCCCC(=O)OCCCCCCCCCCCCCCCCCCCCCCCCCCCCCCCCC(=O)NC(CO)C(O)CCCCCCCCCCCCC. The Balaban J connectivity index is 3.29. The van der Waals surface area contributed by atoms with E-state index in [4.69, 9.17) is 4.74 Å². The normalized spacial score (nSPS) is 12.4. The molecule has 0 saturated heterocycles. The maximum Gasteiger partial charge on any atom is 0.305 e. The Morgan fingerprint density at radius 3 is 0.847 bits per heavy atom. The molecule has 0 bridgehead atoms. The number of aliphatic hydroxyl groups is 2. The van der Waals surface area contributed by atoms with Gasteiger partial charge in [-0.1, -0.05) is 348 Å². The van der Waals surface area contributed by atoms with Gasteiger partial charge >= 0.3 is 5.97 Å². The third-order valence-corrected chi connectivity index (χ3v) is 15.9. The molecule has 6 heteroatoms. The van der Waals surface area contributed by atoms with Crippen molar-refractivity contribution in [3.8, 4) is 0 Å². The summed E-state index contributed by atoms with van der Waals surface area (Å²) in [6, 6.07) is -0.535. The monoisotopic (exact) mass is 1020 g/mol. The van der Waals surface area contributed by atoms with Crippen LogP contribution < -0.4 is 5.32 Å². The summed E-state index contributed by atoms with van der Waals surface area (Å²) in [5.74, 6) is -0.00640. The Morgan fingerprint density at radius 1 is 0.333 bits per heavy atom. The van der Waals surface area contributed by atoms with E-state index >= 15 is 0 Å². The van der Waals surface area contributed by atoms with Crippen LogP contribution in [0.15, 0.2) is 0 Å². The lowest BCUT2D eigenvalue weighted by Gasteiger charge is -2.22. The fourth-order valence-electron chi connectivity index (χ4n) is 10.8. The van der Waals surface area contributed by atoms with Gasteiger partial charge in [-0.05, 0) is 25.7 Å². The number of ether oxygens (including phenoxy) is 1. The van der Waals surface area contributed by atoms with Gasteiger partial charge in [-0.3, -0.25) is 9.59 Å². The highest BCUT2D eigenvalue weighted by atomic mass is 16.5. The molecule has 0 aliphatic rings. The minimum absolute atomic E-state index is 0.0233. The maximum absolute atomic E-state index is 12.5. The van der Waals surface area contributed by atoms with Crippen LogP contribution in [0, 0.1) is 0 Å².